The number of hydrogen-bond acceptors (Lipinski definition) is 3. The van der Waals surface area contributed by atoms with E-state index in [9.17, 15) is 18.7 Å². The molecule has 0 spiro atoms. The SMILES string of the molecule is CCNC(CC(F)F)C(O)C(=O)NC1CC1. The Kier molecular flexibility index (Phi) is 5.08. The van der Waals surface area contributed by atoms with Gasteiger partial charge in [0, 0.05) is 18.5 Å². The Hall–Kier alpha value is -0.750. The lowest BCUT2D eigenvalue weighted by atomic mass is 10.1. The van der Waals surface area contributed by atoms with Crippen molar-refractivity contribution in [2.45, 2.75) is 50.8 Å². The van der Waals surface area contributed by atoms with Crippen LogP contribution in [0.2, 0.25) is 0 Å². The third kappa shape index (κ3) is 4.40. The first-order chi connectivity index (χ1) is 7.54. The number of aliphatic hydroxyl groups excluding tert-OH is 1. The molecule has 6 heteroatoms. The van der Waals surface area contributed by atoms with Gasteiger partial charge in [-0.1, -0.05) is 6.92 Å². The van der Waals surface area contributed by atoms with Crippen molar-refractivity contribution in [3.05, 3.63) is 0 Å². The molecular weight excluding hydrogens is 218 g/mol. The number of hydrogen-bond donors (Lipinski definition) is 3. The molecule has 0 bridgehead atoms. The molecule has 4 nitrogen and oxygen atoms in total. The summed E-state index contributed by atoms with van der Waals surface area (Å²) in [7, 11) is 0. The van der Waals surface area contributed by atoms with Crippen LogP contribution >= 0.6 is 0 Å². The first kappa shape index (κ1) is 13.3. The van der Waals surface area contributed by atoms with E-state index in [2.05, 4.69) is 10.6 Å². The maximum absolute atomic E-state index is 12.2. The second kappa shape index (κ2) is 6.10. The molecule has 94 valence electrons. The van der Waals surface area contributed by atoms with Crippen molar-refractivity contribution in [2.75, 3.05) is 6.54 Å². The monoisotopic (exact) mass is 236 g/mol. The van der Waals surface area contributed by atoms with Crippen molar-refractivity contribution in [1.82, 2.24) is 10.6 Å². The van der Waals surface area contributed by atoms with Gasteiger partial charge in [-0.25, -0.2) is 8.78 Å². The molecule has 1 amide bonds. The van der Waals surface area contributed by atoms with E-state index in [4.69, 9.17) is 0 Å². The van der Waals surface area contributed by atoms with Crippen LogP contribution in [0, 0.1) is 0 Å². The van der Waals surface area contributed by atoms with Crippen molar-refractivity contribution < 1.29 is 18.7 Å². The van der Waals surface area contributed by atoms with Crippen molar-refractivity contribution in [3.63, 3.8) is 0 Å². The predicted octanol–water partition coefficient (Wildman–Crippen LogP) is 0.259. The standard InChI is InChI=1S/C10H18F2N2O2/c1-2-13-7(5-8(11)12)9(15)10(16)14-6-3-4-6/h6-9,13,15H,2-5H2,1H3,(H,14,16). The molecule has 2 atom stereocenters. The Labute approximate surface area is 93.4 Å². The quantitative estimate of drug-likeness (QED) is 0.594. The molecule has 3 N–H and O–H groups in total. The van der Waals surface area contributed by atoms with Gasteiger partial charge in [-0.15, -0.1) is 0 Å². The molecule has 1 rings (SSSR count). The Morgan fingerprint density at radius 2 is 2.12 bits per heavy atom. The first-order valence-corrected chi connectivity index (χ1v) is 5.54. The number of carbonyl (C=O) groups excluding carboxylic acids is 1. The van der Waals surface area contributed by atoms with Gasteiger partial charge in [0.2, 0.25) is 6.43 Å². The van der Waals surface area contributed by atoms with E-state index in [1.54, 1.807) is 6.92 Å². The zero-order valence-electron chi connectivity index (χ0n) is 9.25. The summed E-state index contributed by atoms with van der Waals surface area (Å²) >= 11 is 0. The molecule has 1 fully saturated rings. The van der Waals surface area contributed by atoms with Gasteiger partial charge in [0.25, 0.3) is 5.91 Å². The van der Waals surface area contributed by atoms with E-state index < -0.39 is 30.9 Å². The van der Waals surface area contributed by atoms with Crippen molar-refractivity contribution in [1.29, 1.82) is 0 Å². The molecule has 0 aromatic rings. The minimum atomic E-state index is -2.53. The highest BCUT2D eigenvalue weighted by molar-refractivity contribution is 5.81. The van der Waals surface area contributed by atoms with Crippen LogP contribution in [0.15, 0.2) is 0 Å². The van der Waals surface area contributed by atoms with Crippen molar-refractivity contribution in [3.8, 4) is 0 Å². The molecule has 1 saturated carbocycles. The lowest BCUT2D eigenvalue weighted by molar-refractivity contribution is -0.131. The lowest BCUT2D eigenvalue weighted by Gasteiger charge is -2.22. The minimum Gasteiger partial charge on any atom is -0.382 e. The van der Waals surface area contributed by atoms with Crippen LogP contribution in [0.25, 0.3) is 0 Å². The fourth-order valence-corrected chi connectivity index (χ4v) is 1.47. The van der Waals surface area contributed by atoms with Crippen LogP contribution < -0.4 is 10.6 Å². The second-order valence-electron chi connectivity index (χ2n) is 4.02. The van der Waals surface area contributed by atoms with Gasteiger partial charge < -0.3 is 15.7 Å². The Morgan fingerprint density at radius 1 is 1.50 bits per heavy atom. The van der Waals surface area contributed by atoms with E-state index >= 15 is 0 Å². The van der Waals surface area contributed by atoms with Gasteiger partial charge in [0.1, 0.15) is 6.10 Å². The number of carbonyl (C=O) groups is 1. The lowest BCUT2D eigenvalue weighted by Crippen LogP contribution is -2.50. The molecule has 0 aromatic carbocycles. The van der Waals surface area contributed by atoms with Crippen LogP contribution in [0.1, 0.15) is 26.2 Å². The molecule has 1 aliphatic rings. The van der Waals surface area contributed by atoms with E-state index in [1.807, 2.05) is 0 Å². The number of amides is 1. The van der Waals surface area contributed by atoms with E-state index in [1.165, 1.54) is 0 Å². The first-order valence-electron chi connectivity index (χ1n) is 5.54. The number of alkyl halides is 2. The number of nitrogens with one attached hydrogen (secondary N) is 2. The number of halogens is 2. The Morgan fingerprint density at radius 3 is 2.56 bits per heavy atom. The summed E-state index contributed by atoms with van der Waals surface area (Å²) in [5.74, 6) is -0.561. The topological polar surface area (TPSA) is 61.4 Å². The third-order valence-corrected chi connectivity index (χ3v) is 2.47. The highest BCUT2D eigenvalue weighted by Gasteiger charge is 2.31. The zero-order chi connectivity index (χ0) is 12.1. The normalized spacial score (nSPS) is 19.6. The van der Waals surface area contributed by atoms with Crippen LogP contribution in [0.4, 0.5) is 8.78 Å². The van der Waals surface area contributed by atoms with Crippen LogP contribution in [0.3, 0.4) is 0 Å². The van der Waals surface area contributed by atoms with Crippen molar-refractivity contribution >= 4 is 5.91 Å². The molecule has 1 aliphatic carbocycles. The Bertz CT molecular complexity index is 235. The van der Waals surface area contributed by atoms with Crippen LogP contribution in [0.5, 0.6) is 0 Å². The van der Waals surface area contributed by atoms with Gasteiger partial charge in [0.15, 0.2) is 0 Å². The third-order valence-electron chi connectivity index (χ3n) is 2.47. The van der Waals surface area contributed by atoms with Gasteiger partial charge in [-0.05, 0) is 19.4 Å². The van der Waals surface area contributed by atoms with E-state index in [0.717, 1.165) is 12.8 Å². The largest absolute Gasteiger partial charge is 0.382 e. The zero-order valence-corrected chi connectivity index (χ0v) is 9.25. The summed E-state index contributed by atoms with van der Waals surface area (Å²) in [6.07, 6.45) is -2.66. The number of rotatable bonds is 7. The highest BCUT2D eigenvalue weighted by atomic mass is 19.3. The van der Waals surface area contributed by atoms with Crippen molar-refractivity contribution in [2.24, 2.45) is 0 Å². The smallest absolute Gasteiger partial charge is 0.250 e. The summed E-state index contributed by atoms with van der Waals surface area (Å²) in [5, 5.41) is 14.9. The molecule has 0 saturated heterocycles. The summed E-state index contributed by atoms with van der Waals surface area (Å²) in [6, 6.07) is -0.764. The molecule has 0 aliphatic heterocycles. The van der Waals surface area contributed by atoms with Gasteiger partial charge in [0.05, 0.1) is 0 Å². The maximum Gasteiger partial charge on any atom is 0.250 e. The van der Waals surface area contributed by atoms with E-state index in [-0.39, 0.29) is 6.04 Å². The number of aliphatic hydroxyl groups is 1. The number of likely N-dealkylation sites (N-methyl/N-ethyl adjacent to an activating group) is 1. The molecule has 16 heavy (non-hydrogen) atoms. The summed E-state index contributed by atoms with van der Waals surface area (Å²) in [4.78, 5) is 11.4. The minimum absolute atomic E-state index is 0.121. The van der Waals surface area contributed by atoms with Gasteiger partial charge in [-0.2, -0.15) is 0 Å². The molecule has 0 heterocycles. The second-order valence-corrected chi connectivity index (χ2v) is 4.02. The molecule has 0 aromatic heterocycles. The molecule has 0 radical (unpaired) electrons. The highest BCUT2D eigenvalue weighted by Crippen LogP contribution is 2.19. The fourth-order valence-electron chi connectivity index (χ4n) is 1.47. The Balaban J connectivity index is 2.43. The maximum atomic E-state index is 12.2. The molecule has 2 unspecified atom stereocenters. The average molecular weight is 236 g/mol. The summed E-state index contributed by atoms with van der Waals surface area (Å²) in [6.45, 7) is 2.18. The fraction of sp³-hybridized carbons (Fsp3) is 0.900. The van der Waals surface area contributed by atoms with E-state index in [0.29, 0.717) is 6.54 Å². The summed E-state index contributed by atoms with van der Waals surface area (Å²) < 4.78 is 24.4. The van der Waals surface area contributed by atoms with Crippen LogP contribution in [-0.4, -0.2) is 42.2 Å². The van der Waals surface area contributed by atoms with Crippen LogP contribution in [-0.2, 0) is 4.79 Å². The van der Waals surface area contributed by atoms with Gasteiger partial charge >= 0.3 is 0 Å². The summed E-state index contributed by atoms with van der Waals surface area (Å²) in [5.41, 5.74) is 0. The molecular formula is C10H18F2N2O2. The average Bonchev–Trinajstić information content (AvgIpc) is 2.99. The van der Waals surface area contributed by atoms with Gasteiger partial charge in [-0.3, -0.25) is 4.79 Å². The predicted molar refractivity (Wildman–Crippen MR) is 55.3 cm³/mol.